The van der Waals surface area contributed by atoms with Gasteiger partial charge in [0, 0.05) is 11.8 Å². The van der Waals surface area contributed by atoms with Crippen LogP contribution in [0.5, 0.6) is 5.75 Å². The third-order valence-electron chi connectivity index (χ3n) is 3.76. The average Bonchev–Trinajstić information content (AvgIpc) is 2.58. The number of hydrogen-bond donors (Lipinski definition) is 1. The number of carbonyl (C=O) groups is 1. The molecule has 0 fully saturated rings. The van der Waals surface area contributed by atoms with Gasteiger partial charge in [-0.1, -0.05) is 0 Å². The zero-order valence-electron chi connectivity index (χ0n) is 13.7. The van der Waals surface area contributed by atoms with Gasteiger partial charge in [-0.25, -0.2) is 4.98 Å². The number of aryl methyl sites for hydroxylation is 2. The molecular formula is C18H17N3O3. The first-order valence-corrected chi connectivity index (χ1v) is 7.44. The van der Waals surface area contributed by atoms with Crippen LogP contribution >= 0.6 is 0 Å². The number of amides is 1. The molecule has 0 aliphatic rings. The quantitative estimate of drug-likeness (QED) is 0.804. The van der Waals surface area contributed by atoms with Gasteiger partial charge in [0.2, 0.25) is 0 Å². The molecule has 1 amide bonds. The number of benzene rings is 1. The molecule has 24 heavy (non-hydrogen) atoms. The highest BCUT2D eigenvalue weighted by molar-refractivity contribution is 6.04. The van der Waals surface area contributed by atoms with Crippen LogP contribution in [-0.2, 0) is 0 Å². The number of rotatable bonds is 3. The molecule has 0 bridgehead atoms. The maximum Gasteiger partial charge on any atom is 0.281 e. The Bertz CT molecular complexity index is 975. The van der Waals surface area contributed by atoms with Gasteiger partial charge in [0.1, 0.15) is 17.1 Å². The van der Waals surface area contributed by atoms with E-state index in [9.17, 15) is 9.59 Å². The number of carbonyl (C=O) groups excluding carboxylic acids is 1. The molecule has 6 heteroatoms. The molecule has 0 radical (unpaired) electrons. The number of ether oxygens (including phenoxy) is 1. The summed E-state index contributed by atoms with van der Waals surface area (Å²) in [5.41, 5.74) is 2.35. The number of methoxy groups -OCH3 is 1. The van der Waals surface area contributed by atoms with E-state index in [1.807, 2.05) is 19.1 Å². The van der Waals surface area contributed by atoms with E-state index >= 15 is 0 Å². The number of fused-ring (bicyclic) bond motifs is 1. The summed E-state index contributed by atoms with van der Waals surface area (Å²) in [7, 11) is 1.56. The first-order valence-electron chi connectivity index (χ1n) is 7.44. The van der Waals surface area contributed by atoms with E-state index in [-0.39, 0.29) is 17.2 Å². The number of nitrogens with zero attached hydrogens (tertiary/aromatic N) is 2. The molecule has 3 rings (SSSR count). The fourth-order valence-electron chi connectivity index (χ4n) is 2.42. The second-order valence-electron chi connectivity index (χ2n) is 5.49. The van der Waals surface area contributed by atoms with Gasteiger partial charge in [0.15, 0.2) is 0 Å². The van der Waals surface area contributed by atoms with Gasteiger partial charge in [-0.15, -0.1) is 0 Å². The third-order valence-corrected chi connectivity index (χ3v) is 3.76. The van der Waals surface area contributed by atoms with Crippen LogP contribution in [0.25, 0.3) is 5.65 Å². The lowest BCUT2D eigenvalue weighted by molar-refractivity contribution is 0.102. The van der Waals surface area contributed by atoms with Gasteiger partial charge in [-0.3, -0.25) is 14.0 Å². The number of anilines is 1. The number of pyridine rings is 1. The number of nitrogens with one attached hydrogen (secondary N) is 1. The van der Waals surface area contributed by atoms with Crippen molar-refractivity contribution in [1.29, 1.82) is 0 Å². The Balaban J connectivity index is 1.98. The maximum atomic E-state index is 12.6. The molecule has 0 aliphatic carbocycles. The van der Waals surface area contributed by atoms with E-state index < -0.39 is 0 Å². The molecule has 1 aromatic carbocycles. The van der Waals surface area contributed by atoms with Crippen LogP contribution in [0.3, 0.4) is 0 Å². The molecule has 0 unspecified atom stereocenters. The van der Waals surface area contributed by atoms with Gasteiger partial charge in [0.25, 0.3) is 11.5 Å². The molecule has 1 N–H and O–H groups in total. The Labute approximate surface area is 138 Å². The normalized spacial score (nSPS) is 10.6. The van der Waals surface area contributed by atoms with E-state index in [0.29, 0.717) is 22.7 Å². The molecule has 2 aromatic heterocycles. The van der Waals surface area contributed by atoms with Crippen LogP contribution in [0.1, 0.15) is 21.6 Å². The second-order valence-corrected chi connectivity index (χ2v) is 5.49. The number of hydrogen-bond acceptors (Lipinski definition) is 4. The van der Waals surface area contributed by atoms with E-state index in [0.717, 1.165) is 5.56 Å². The topological polar surface area (TPSA) is 72.7 Å². The highest BCUT2D eigenvalue weighted by Crippen LogP contribution is 2.14. The standard InChI is InChI=1S/C18H17N3O3/c1-11-8-9-21-15(10-11)19-12(2)16(18(21)23)20-17(22)13-4-6-14(24-3)7-5-13/h4-10H,1-3H3,(H,20,22). The predicted molar refractivity (Wildman–Crippen MR) is 91.9 cm³/mol. The van der Waals surface area contributed by atoms with E-state index in [4.69, 9.17) is 4.74 Å². The summed E-state index contributed by atoms with van der Waals surface area (Å²) in [6.45, 7) is 3.63. The van der Waals surface area contributed by atoms with Crippen molar-refractivity contribution in [1.82, 2.24) is 9.38 Å². The maximum absolute atomic E-state index is 12.6. The lowest BCUT2D eigenvalue weighted by Crippen LogP contribution is -2.25. The van der Waals surface area contributed by atoms with E-state index in [1.165, 1.54) is 4.40 Å². The highest BCUT2D eigenvalue weighted by atomic mass is 16.5. The van der Waals surface area contributed by atoms with Crippen molar-refractivity contribution < 1.29 is 9.53 Å². The minimum Gasteiger partial charge on any atom is -0.497 e. The molecule has 0 aliphatic heterocycles. The van der Waals surface area contributed by atoms with Crippen LogP contribution in [0.4, 0.5) is 5.69 Å². The van der Waals surface area contributed by atoms with Crippen molar-refractivity contribution in [3.63, 3.8) is 0 Å². The van der Waals surface area contributed by atoms with Crippen molar-refractivity contribution in [2.24, 2.45) is 0 Å². The molecule has 2 heterocycles. The molecule has 0 saturated heterocycles. The molecule has 0 atom stereocenters. The van der Waals surface area contributed by atoms with Crippen molar-refractivity contribution in [3.8, 4) is 5.75 Å². The Morgan fingerprint density at radius 1 is 1.17 bits per heavy atom. The zero-order valence-corrected chi connectivity index (χ0v) is 13.7. The smallest absolute Gasteiger partial charge is 0.281 e. The summed E-state index contributed by atoms with van der Waals surface area (Å²) in [4.78, 5) is 29.4. The van der Waals surface area contributed by atoms with Gasteiger partial charge in [-0.2, -0.15) is 0 Å². The van der Waals surface area contributed by atoms with Crippen molar-refractivity contribution in [3.05, 3.63) is 69.8 Å². The summed E-state index contributed by atoms with van der Waals surface area (Å²) in [6.07, 6.45) is 1.66. The van der Waals surface area contributed by atoms with Crippen LogP contribution in [0.2, 0.25) is 0 Å². The molecule has 3 aromatic rings. The first kappa shape index (κ1) is 15.7. The largest absolute Gasteiger partial charge is 0.497 e. The highest BCUT2D eigenvalue weighted by Gasteiger charge is 2.14. The van der Waals surface area contributed by atoms with Crippen LogP contribution in [0, 0.1) is 13.8 Å². The lowest BCUT2D eigenvalue weighted by Gasteiger charge is -2.10. The van der Waals surface area contributed by atoms with Crippen molar-refractivity contribution >= 4 is 17.2 Å². The molecule has 0 spiro atoms. The average molecular weight is 323 g/mol. The summed E-state index contributed by atoms with van der Waals surface area (Å²) in [6, 6.07) is 10.3. The molecular weight excluding hydrogens is 306 g/mol. The summed E-state index contributed by atoms with van der Waals surface area (Å²) in [5.74, 6) is 0.289. The molecule has 0 saturated carbocycles. The van der Waals surface area contributed by atoms with Gasteiger partial charge >= 0.3 is 0 Å². The van der Waals surface area contributed by atoms with Crippen LogP contribution < -0.4 is 15.6 Å². The van der Waals surface area contributed by atoms with Crippen molar-refractivity contribution in [2.45, 2.75) is 13.8 Å². The zero-order chi connectivity index (χ0) is 17.3. The Morgan fingerprint density at radius 3 is 2.54 bits per heavy atom. The van der Waals surface area contributed by atoms with E-state index in [1.54, 1.807) is 44.5 Å². The van der Waals surface area contributed by atoms with Crippen molar-refractivity contribution in [2.75, 3.05) is 12.4 Å². The Hall–Kier alpha value is -3.15. The summed E-state index contributed by atoms with van der Waals surface area (Å²) < 4.78 is 6.49. The third kappa shape index (κ3) is 2.86. The van der Waals surface area contributed by atoms with Gasteiger partial charge < -0.3 is 10.1 Å². The minimum absolute atomic E-state index is 0.178. The Kier molecular flexibility index (Phi) is 4.04. The lowest BCUT2D eigenvalue weighted by atomic mass is 10.2. The fraction of sp³-hybridized carbons (Fsp3) is 0.167. The fourth-order valence-corrected chi connectivity index (χ4v) is 2.42. The van der Waals surface area contributed by atoms with Gasteiger partial charge in [-0.05, 0) is 55.8 Å². The Morgan fingerprint density at radius 2 is 1.88 bits per heavy atom. The molecule has 6 nitrogen and oxygen atoms in total. The van der Waals surface area contributed by atoms with Crippen LogP contribution in [-0.4, -0.2) is 22.4 Å². The summed E-state index contributed by atoms with van der Waals surface area (Å²) in [5, 5.41) is 2.66. The monoisotopic (exact) mass is 323 g/mol. The summed E-state index contributed by atoms with van der Waals surface area (Å²) >= 11 is 0. The SMILES string of the molecule is COc1ccc(C(=O)Nc2c(C)nc3cc(C)ccn3c2=O)cc1. The predicted octanol–water partition coefficient (Wildman–Crippen LogP) is 2.57. The van der Waals surface area contributed by atoms with E-state index in [2.05, 4.69) is 10.3 Å². The second kappa shape index (κ2) is 6.16. The number of aromatic nitrogens is 2. The van der Waals surface area contributed by atoms with Gasteiger partial charge in [0.05, 0.1) is 12.8 Å². The first-order chi connectivity index (χ1) is 11.5. The minimum atomic E-state index is -0.369. The van der Waals surface area contributed by atoms with Crippen LogP contribution in [0.15, 0.2) is 47.4 Å². The molecule has 122 valence electrons.